The van der Waals surface area contributed by atoms with E-state index in [9.17, 15) is 14.9 Å². The zero-order valence-corrected chi connectivity index (χ0v) is 12.6. The van der Waals surface area contributed by atoms with Crippen molar-refractivity contribution in [3.8, 4) is 0 Å². The first kappa shape index (κ1) is 15.6. The topological polar surface area (TPSA) is 63.5 Å². The van der Waals surface area contributed by atoms with Gasteiger partial charge in [-0.3, -0.25) is 19.8 Å². The molecular formula is C16H22N2O3. The summed E-state index contributed by atoms with van der Waals surface area (Å²) in [5, 5.41) is 10.8. The first-order valence-corrected chi connectivity index (χ1v) is 7.45. The molecule has 0 spiro atoms. The van der Waals surface area contributed by atoms with Crippen molar-refractivity contribution in [3.63, 3.8) is 0 Å². The summed E-state index contributed by atoms with van der Waals surface area (Å²) in [4.78, 5) is 24.7. The molecule has 5 heteroatoms. The largest absolute Gasteiger partial charge is 0.296 e. The second kappa shape index (κ2) is 6.80. The highest BCUT2D eigenvalue weighted by Gasteiger charge is 2.24. The lowest BCUT2D eigenvalue weighted by Crippen LogP contribution is -2.38. The smallest absolute Gasteiger partial charge is 0.270 e. The molecule has 0 aromatic heterocycles. The Bertz CT molecular complexity index is 530. The molecular weight excluding hydrogens is 268 g/mol. The molecule has 1 aliphatic rings. The van der Waals surface area contributed by atoms with Crippen LogP contribution in [0.3, 0.4) is 0 Å². The third-order valence-electron chi connectivity index (χ3n) is 4.30. The van der Waals surface area contributed by atoms with Gasteiger partial charge in [-0.1, -0.05) is 31.9 Å². The van der Waals surface area contributed by atoms with Crippen LogP contribution < -0.4 is 0 Å². The number of nitrogens with zero attached hydrogens (tertiary/aromatic N) is 2. The summed E-state index contributed by atoms with van der Waals surface area (Å²) in [6.07, 6.45) is 4.73. The highest BCUT2D eigenvalue weighted by atomic mass is 16.6. The van der Waals surface area contributed by atoms with Gasteiger partial charge in [-0.25, -0.2) is 0 Å². The molecule has 0 bridgehead atoms. The van der Waals surface area contributed by atoms with Crippen LogP contribution in [-0.4, -0.2) is 35.2 Å². The fourth-order valence-corrected chi connectivity index (χ4v) is 3.04. The number of carbonyl (C=O) groups is 1. The molecule has 1 fully saturated rings. The molecule has 2 unspecified atom stereocenters. The summed E-state index contributed by atoms with van der Waals surface area (Å²) < 4.78 is 0. The first-order chi connectivity index (χ1) is 9.97. The highest BCUT2D eigenvalue weighted by Crippen LogP contribution is 2.26. The van der Waals surface area contributed by atoms with Crippen LogP contribution in [0.25, 0.3) is 0 Å². The molecule has 0 heterocycles. The number of nitro benzene ring substituents is 1. The Labute approximate surface area is 125 Å². The number of benzene rings is 1. The Hall–Kier alpha value is -1.75. The van der Waals surface area contributed by atoms with Crippen molar-refractivity contribution in [3.05, 3.63) is 39.9 Å². The molecule has 1 aromatic rings. The third kappa shape index (κ3) is 4.11. The van der Waals surface area contributed by atoms with E-state index in [1.807, 2.05) is 7.05 Å². The number of likely N-dealkylation sites (N-methyl/N-ethyl adjacent to an activating group) is 1. The van der Waals surface area contributed by atoms with E-state index in [4.69, 9.17) is 0 Å². The van der Waals surface area contributed by atoms with Gasteiger partial charge in [-0.2, -0.15) is 0 Å². The van der Waals surface area contributed by atoms with Crippen molar-refractivity contribution < 1.29 is 9.72 Å². The molecule has 2 rings (SSSR count). The number of rotatable bonds is 5. The van der Waals surface area contributed by atoms with E-state index in [0.717, 1.165) is 12.8 Å². The number of Topliss-reactive ketones (excluding diaryl/α,β-unsaturated/α-hetero) is 1. The minimum atomic E-state index is -0.469. The highest BCUT2D eigenvalue weighted by molar-refractivity contribution is 5.98. The molecule has 0 aliphatic heterocycles. The molecule has 1 aliphatic carbocycles. The second-order valence-electron chi connectivity index (χ2n) is 6.07. The third-order valence-corrected chi connectivity index (χ3v) is 4.30. The number of hydrogen-bond donors (Lipinski definition) is 0. The fraction of sp³-hybridized carbons (Fsp3) is 0.562. The van der Waals surface area contributed by atoms with Crippen molar-refractivity contribution >= 4 is 11.5 Å². The maximum Gasteiger partial charge on any atom is 0.270 e. The summed E-state index contributed by atoms with van der Waals surface area (Å²) in [7, 11) is 1.97. The van der Waals surface area contributed by atoms with Gasteiger partial charge < -0.3 is 0 Å². The van der Waals surface area contributed by atoms with Crippen LogP contribution in [0.5, 0.6) is 0 Å². The molecule has 0 saturated heterocycles. The summed E-state index contributed by atoms with van der Waals surface area (Å²) in [5.41, 5.74) is 0.384. The van der Waals surface area contributed by atoms with Crippen molar-refractivity contribution in [1.29, 1.82) is 0 Å². The zero-order valence-electron chi connectivity index (χ0n) is 12.6. The minimum absolute atomic E-state index is 0.0326. The van der Waals surface area contributed by atoms with Crippen LogP contribution in [0.4, 0.5) is 5.69 Å². The first-order valence-electron chi connectivity index (χ1n) is 7.45. The van der Waals surface area contributed by atoms with Gasteiger partial charge in [0.1, 0.15) is 0 Å². The molecule has 0 amide bonds. The monoisotopic (exact) mass is 290 g/mol. The molecule has 21 heavy (non-hydrogen) atoms. The van der Waals surface area contributed by atoms with Gasteiger partial charge in [-0.05, 0) is 25.8 Å². The van der Waals surface area contributed by atoms with Gasteiger partial charge in [0.2, 0.25) is 0 Å². The van der Waals surface area contributed by atoms with Crippen molar-refractivity contribution in [1.82, 2.24) is 4.90 Å². The van der Waals surface area contributed by atoms with E-state index < -0.39 is 4.92 Å². The minimum Gasteiger partial charge on any atom is -0.296 e. The lowest BCUT2D eigenvalue weighted by Gasteiger charge is -2.33. The van der Waals surface area contributed by atoms with Crippen LogP contribution in [0.2, 0.25) is 0 Å². The van der Waals surface area contributed by atoms with E-state index in [1.165, 1.54) is 25.0 Å². The van der Waals surface area contributed by atoms with Crippen molar-refractivity contribution in [2.24, 2.45) is 5.92 Å². The predicted molar refractivity (Wildman–Crippen MR) is 81.5 cm³/mol. The lowest BCUT2D eigenvalue weighted by molar-refractivity contribution is -0.384. The Morgan fingerprint density at radius 3 is 2.86 bits per heavy atom. The normalized spacial score (nSPS) is 22.2. The molecule has 1 aromatic carbocycles. The standard InChI is InChI=1S/C16H22N2O3/c1-12-5-3-7-14(9-12)17(2)11-16(19)13-6-4-8-15(10-13)18(20)21/h4,6,8,10,12,14H,3,5,7,9,11H2,1-2H3. The van der Waals surface area contributed by atoms with E-state index >= 15 is 0 Å². The van der Waals surface area contributed by atoms with Crippen molar-refractivity contribution in [2.75, 3.05) is 13.6 Å². The molecule has 114 valence electrons. The molecule has 0 N–H and O–H groups in total. The van der Waals surface area contributed by atoms with Crippen LogP contribution in [0.15, 0.2) is 24.3 Å². The summed E-state index contributed by atoms with van der Waals surface area (Å²) >= 11 is 0. The Kier molecular flexibility index (Phi) is 5.07. The Balaban J connectivity index is 2.00. The van der Waals surface area contributed by atoms with Gasteiger partial charge >= 0.3 is 0 Å². The molecule has 2 atom stereocenters. The van der Waals surface area contributed by atoms with Gasteiger partial charge in [0.25, 0.3) is 5.69 Å². The SMILES string of the molecule is CC1CCCC(N(C)CC(=O)c2cccc([N+](=O)[O-])c2)C1. The van der Waals surface area contributed by atoms with E-state index in [-0.39, 0.29) is 11.5 Å². The Morgan fingerprint density at radius 2 is 2.19 bits per heavy atom. The Morgan fingerprint density at radius 1 is 1.43 bits per heavy atom. The maximum absolute atomic E-state index is 12.3. The van der Waals surface area contributed by atoms with E-state index in [0.29, 0.717) is 24.1 Å². The van der Waals surface area contributed by atoms with Crippen LogP contribution in [0.1, 0.15) is 43.0 Å². The molecule has 5 nitrogen and oxygen atoms in total. The maximum atomic E-state index is 12.3. The van der Waals surface area contributed by atoms with E-state index in [2.05, 4.69) is 11.8 Å². The fourth-order valence-electron chi connectivity index (χ4n) is 3.04. The number of nitro groups is 1. The van der Waals surface area contributed by atoms with Crippen LogP contribution in [0, 0.1) is 16.0 Å². The molecule has 1 saturated carbocycles. The number of hydrogen-bond acceptors (Lipinski definition) is 4. The predicted octanol–water partition coefficient (Wildman–Crippen LogP) is 3.29. The summed E-state index contributed by atoms with van der Waals surface area (Å²) in [6.45, 7) is 2.57. The van der Waals surface area contributed by atoms with E-state index in [1.54, 1.807) is 12.1 Å². The summed E-state index contributed by atoms with van der Waals surface area (Å²) in [6, 6.07) is 6.42. The summed E-state index contributed by atoms with van der Waals surface area (Å²) in [5.74, 6) is 0.651. The number of carbonyl (C=O) groups excluding carboxylic acids is 1. The van der Waals surface area contributed by atoms with Gasteiger partial charge in [0, 0.05) is 23.7 Å². The quantitative estimate of drug-likeness (QED) is 0.474. The number of ketones is 1. The number of non-ortho nitro benzene ring substituents is 1. The average molecular weight is 290 g/mol. The van der Waals surface area contributed by atoms with Gasteiger partial charge in [0.05, 0.1) is 11.5 Å². The zero-order chi connectivity index (χ0) is 15.4. The molecule has 0 radical (unpaired) electrons. The average Bonchev–Trinajstić information content (AvgIpc) is 2.47. The van der Waals surface area contributed by atoms with Gasteiger partial charge in [-0.15, -0.1) is 0 Å². The van der Waals surface area contributed by atoms with Crippen LogP contribution >= 0.6 is 0 Å². The lowest BCUT2D eigenvalue weighted by atomic mass is 9.86. The van der Waals surface area contributed by atoms with Gasteiger partial charge in [0.15, 0.2) is 5.78 Å². The van der Waals surface area contributed by atoms with Crippen LogP contribution in [-0.2, 0) is 0 Å². The van der Waals surface area contributed by atoms with Crippen molar-refractivity contribution in [2.45, 2.75) is 38.6 Å². The second-order valence-corrected chi connectivity index (χ2v) is 6.07.